The number of piperazine rings is 1. The zero-order valence-electron chi connectivity index (χ0n) is 15.8. The summed E-state index contributed by atoms with van der Waals surface area (Å²) in [5.74, 6) is 0.255. The zero-order valence-corrected chi connectivity index (χ0v) is 16.5. The van der Waals surface area contributed by atoms with Crippen molar-refractivity contribution in [1.29, 1.82) is 0 Å². The Balaban J connectivity index is 1.76. The second-order valence-electron chi connectivity index (χ2n) is 6.42. The SMILES string of the molecule is CON=Cc1ccc(N2CCN(c3ncc(C(F)(F)F)cc3Cl)CC2)c([N+](=O)[O-])c1. The molecule has 0 spiro atoms. The number of nitrogens with zero attached hydrogens (tertiary/aromatic N) is 5. The number of benzene rings is 1. The van der Waals surface area contributed by atoms with Crippen molar-refractivity contribution in [2.24, 2.45) is 5.16 Å². The van der Waals surface area contributed by atoms with Crippen LogP contribution in [-0.2, 0) is 11.0 Å². The lowest BCUT2D eigenvalue weighted by molar-refractivity contribution is -0.384. The van der Waals surface area contributed by atoms with E-state index in [1.54, 1.807) is 17.0 Å². The molecule has 0 aliphatic carbocycles. The molecule has 2 aromatic rings. The van der Waals surface area contributed by atoms with E-state index in [-0.39, 0.29) is 16.5 Å². The maximum absolute atomic E-state index is 12.8. The van der Waals surface area contributed by atoms with Gasteiger partial charge in [-0.15, -0.1) is 0 Å². The summed E-state index contributed by atoms with van der Waals surface area (Å²) in [6.45, 7) is 1.60. The first-order valence-corrected chi connectivity index (χ1v) is 9.16. The van der Waals surface area contributed by atoms with E-state index in [9.17, 15) is 23.3 Å². The highest BCUT2D eigenvalue weighted by atomic mass is 35.5. The molecule has 30 heavy (non-hydrogen) atoms. The van der Waals surface area contributed by atoms with E-state index in [1.165, 1.54) is 19.4 Å². The molecule has 3 rings (SSSR count). The average molecular weight is 444 g/mol. The Hall–Kier alpha value is -3.08. The lowest BCUT2D eigenvalue weighted by Crippen LogP contribution is -2.47. The molecule has 0 bridgehead atoms. The van der Waals surface area contributed by atoms with Crippen LogP contribution in [0.25, 0.3) is 0 Å². The first kappa shape index (κ1) is 21.6. The van der Waals surface area contributed by atoms with Gasteiger partial charge >= 0.3 is 6.18 Å². The van der Waals surface area contributed by atoms with Crippen molar-refractivity contribution in [1.82, 2.24) is 4.98 Å². The van der Waals surface area contributed by atoms with Crippen molar-refractivity contribution in [3.05, 3.63) is 56.7 Å². The standard InChI is InChI=1S/C18H17ClF3N5O3/c1-30-24-10-12-2-3-15(16(8-12)27(28)29)25-4-6-26(7-5-25)17-14(19)9-13(11-23-17)18(20,21)22/h2-3,8-11H,4-7H2,1H3. The molecule has 1 aliphatic rings. The van der Waals surface area contributed by atoms with Gasteiger partial charge in [0.2, 0.25) is 0 Å². The van der Waals surface area contributed by atoms with Gasteiger partial charge in [0.1, 0.15) is 18.6 Å². The quantitative estimate of drug-likeness (QED) is 0.395. The number of hydrogen-bond donors (Lipinski definition) is 0. The number of pyridine rings is 1. The van der Waals surface area contributed by atoms with Crippen molar-refractivity contribution >= 4 is 35.0 Å². The average Bonchev–Trinajstić information content (AvgIpc) is 2.71. The van der Waals surface area contributed by atoms with E-state index < -0.39 is 16.7 Å². The van der Waals surface area contributed by atoms with Gasteiger partial charge in [0, 0.05) is 44.0 Å². The number of nitro groups is 1. The van der Waals surface area contributed by atoms with Crippen LogP contribution in [0.3, 0.4) is 0 Å². The fraction of sp³-hybridized carbons (Fsp3) is 0.333. The van der Waals surface area contributed by atoms with E-state index in [1.807, 2.05) is 4.90 Å². The van der Waals surface area contributed by atoms with Crippen LogP contribution in [-0.4, -0.2) is 49.4 Å². The van der Waals surface area contributed by atoms with Crippen LogP contribution in [0.4, 0.5) is 30.4 Å². The monoisotopic (exact) mass is 443 g/mol. The predicted molar refractivity (Wildman–Crippen MR) is 106 cm³/mol. The molecule has 8 nitrogen and oxygen atoms in total. The largest absolute Gasteiger partial charge is 0.417 e. The second-order valence-corrected chi connectivity index (χ2v) is 6.83. The van der Waals surface area contributed by atoms with Crippen molar-refractivity contribution in [3.8, 4) is 0 Å². The fourth-order valence-corrected chi connectivity index (χ4v) is 3.41. The summed E-state index contributed by atoms with van der Waals surface area (Å²) in [5.41, 5.74) is -0.0239. The lowest BCUT2D eigenvalue weighted by atomic mass is 10.1. The van der Waals surface area contributed by atoms with Crippen LogP contribution in [0.2, 0.25) is 5.02 Å². The van der Waals surface area contributed by atoms with Gasteiger partial charge < -0.3 is 14.6 Å². The van der Waals surface area contributed by atoms with Crippen LogP contribution in [0.1, 0.15) is 11.1 Å². The minimum Gasteiger partial charge on any atom is -0.399 e. The molecule has 160 valence electrons. The van der Waals surface area contributed by atoms with Gasteiger partial charge in [0.15, 0.2) is 0 Å². The maximum atomic E-state index is 12.8. The van der Waals surface area contributed by atoms with Crippen LogP contribution in [0, 0.1) is 10.1 Å². The molecule has 0 saturated carbocycles. The van der Waals surface area contributed by atoms with Crippen LogP contribution < -0.4 is 9.80 Å². The second kappa shape index (κ2) is 8.74. The number of anilines is 2. The predicted octanol–water partition coefficient (Wildman–Crippen LogP) is 3.97. The Labute approximate surface area is 174 Å². The zero-order chi connectivity index (χ0) is 21.9. The first-order chi connectivity index (χ1) is 14.2. The van der Waals surface area contributed by atoms with Gasteiger partial charge in [-0.05, 0) is 12.1 Å². The molecule has 0 unspecified atom stereocenters. The minimum absolute atomic E-state index is 0.0748. The third-order valence-corrected chi connectivity index (χ3v) is 4.85. The number of rotatable bonds is 5. The normalized spacial score (nSPS) is 15.0. The highest BCUT2D eigenvalue weighted by Crippen LogP contribution is 2.35. The summed E-state index contributed by atoms with van der Waals surface area (Å²) in [5, 5.41) is 15.0. The summed E-state index contributed by atoms with van der Waals surface area (Å²) >= 11 is 6.02. The third-order valence-electron chi connectivity index (χ3n) is 4.57. The van der Waals surface area contributed by atoms with E-state index in [0.717, 1.165) is 12.3 Å². The van der Waals surface area contributed by atoms with Gasteiger partial charge in [0.25, 0.3) is 5.69 Å². The molecule has 2 heterocycles. The summed E-state index contributed by atoms with van der Waals surface area (Å²) in [6.07, 6.45) is -2.40. The highest BCUT2D eigenvalue weighted by molar-refractivity contribution is 6.33. The number of oxime groups is 1. The first-order valence-electron chi connectivity index (χ1n) is 8.78. The van der Waals surface area contributed by atoms with Crippen molar-refractivity contribution in [3.63, 3.8) is 0 Å². The van der Waals surface area contributed by atoms with Crippen molar-refractivity contribution in [2.75, 3.05) is 43.1 Å². The molecule has 0 N–H and O–H groups in total. The molecule has 1 fully saturated rings. The summed E-state index contributed by atoms with van der Waals surface area (Å²) in [4.78, 5) is 23.1. The third kappa shape index (κ3) is 4.73. The Kier molecular flexibility index (Phi) is 6.30. The van der Waals surface area contributed by atoms with Gasteiger partial charge in [-0.25, -0.2) is 4.98 Å². The van der Waals surface area contributed by atoms with Crippen LogP contribution >= 0.6 is 11.6 Å². The minimum atomic E-state index is -4.52. The van der Waals surface area contributed by atoms with Crippen molar-refractivity contribution in [2.45, 2.75) is 6.18 Å². The molecule has 1 aromatic carbocycles. The fourth-order valence-electron chi connectivity index (χ4n) is 3.13. The van der Waals surface area contributed by atoms with Gasteiger partial charge in [-0.3, -0.25) is 10.1 Å². The smallest absolute Gasteiger partial charge is 0.399 e. The van der Waals surface area contributed by atoms with E-state index in [4.69, 9.17) is 11.6 Å². The summed E-state index contributed by atoms with van der Waals surface area (Å²) in [7, 11) is 1.37. The van der Waals surface area contributed by atoms with Crippen LogP contribution in [0.5, 0.6) is 0 Å². The van der Waals surface area contributed by atoms with Gasteiger partial charge in [-0.2, -0.15) is 13.2 Å². The molecule has 1 aromatic heterocycles. The summed E-state index contributed by atoms with van der Waals surface area (Å²) < 4.78 is 38.4. The highest BCUT2D eigenvalue weighted by Gasteiger charge is 2.32. The number of alkyl halides is 3. The number of nitro benzene ring substituents is 1. The number of halogens is 4. The van der Waals surface area contributed by atoms with Crippen molar-refractivity contribution < 1.29 is 22.9 Å². The number of hydrogen-bond acceptors (Lipinski definition) is 7. The van der Waals surface area contributed by atoms with E-state index in [0.29, 0.717) is 37.4 Å². The van der Waals surface area contributed by atoms with Gasteiger partial charge in [-0.1, -0.05) is 22.8 Å². The maximum Gasteiger partial charge on any atom is 0.417 e. The molecule has 0 atom stereocenters. The molecule has 0 radical (unpaired) electrons. The van der Waals surface area contributed by atoms with Crippen LogP contribution in [0.15, 0.2) is 35.6 Å². The molecule has 1 aliphatic heterocycles. The number of aromatic nitrogens is 1. The van der Waals surface area contributed by atoms with E-state index in [2.05, 4.69) is 15.0 Å². The molecule has 12 heteroatoms. The van der Waals surface area contributed by atoms with Gasteiger partial charge in [0.05, 0.1) is 21.7 Å². The molecular formula is C18H17ClF3N5O3. The lowest BCUT2D eigenvalue weighted by Gasteiger charge is -2.36. The van der Waals surface area contributed by atoms with E-state index >= 15 is 0 Å². The Morgan fingerprint density at radius 1 is 1.23 bits per heavy atom. The molecule has 1 saturated heterocycles. The summed E-state index contributed by atoms with van der Waals surface area (Å²) in [6, 6.07) is 5.57. The Morgan fingerprint density at radius 2 is 1.90 bits per heavy atom. The Morgan fingerprint density at radius 3 is 2.47 bits per heavy atom. The molecule has 0 amide bonds. The molecular weight excluding hydrogens is 427 g/mol. The Bertz CT molecular complexity index is 963. The topological polar surface area (TPSA) is 84.1 Å².